The van der Waals surface area contributed by atoms with E-state index in [-0.39, 0.29) is 11.6 Å². The molecule has 1 rings (SSSR count). The highest BCUT2D eigenvalue weighted by Crippen LogP contribution is 2.27. The summed E-state index contributed by atoms with van der Waals surface area (Å²) in [5, 5.41) is 0.192. The normalized spacial score (nSPS) is 12.0. The van der Waals surface area contributed by atoms with Gasteiger partial charge in [0, 0.05) is 6.54 Å². The van der Waals surface area contributed by atoms with Gasteiger partial charge in [-0.25, -0.2) is 4.98 Å². The van der Waals surface area contributed by atoms with Crippen LogP contribution in [0.15, 0.2) is 0 Å². The Labute approximate surface area is 64.2 Å². The van der Waals surface area contributed by atoms with Crippen molar-refractivity contribution in [2.45, 2.75) is 12.7 Å². The second kappa shape index (κ2) is 2.74. The van der Waals surface area contributed by atoms with Gasteiger partial charge in [0.2, 0.25) is 5.82 Å². The average molecular weight is 183 g/mol. The van der Waals surface area contributed by atoms with Gasteiger partial charge in [0.15, 0.2) is 0 Å². The number of halogens is 3. The quantitative estimate of drug-likeness (QED) is 0.707. The van der Waals surface area contributed by atoms with Crippen molar-refractivity contribution >= 4 is 11.5 Å². The van der Waals surface area contributed by atoms with E-state index in [4.69, 9.17) is 5.73 Å². The first-order valence-electron chi connectivity index (χ1n) is 2.64. The van der Waals surface area contributed by atoms with Gasteiger partial charge in [0.05, 0.1) is 0 Å². The van der Waals surface area contributed by atoms with Crippen LogP contribution in [0.4, 0.5) is 13.2 Å². The van der Waals surface area contributed by atoms with E-state index in [2.05, 4.69) is 9.36 Å². The van der Waals surface area contributed by atoms with Crippen LogP contribution in [0.2, 0.25) is 0 Å². The van der Waals surface area contributed by atoms with Crippen LogP contribution in [-0.2, 0) is 12.7 Å². The van der Waals surface area contributed by atoms with Gasteiger partial charge in [0.25, 0.3) is 0 Å². The van der Waals surface area contributed by atoms with Crippen LogP contribution < -0.4 is 5.73 Å². The van der Waals surface area contributed by atoms with Gasteiger partial charge >= 0.3 is 6.18 Å². The first-order chi connectivity index (χ1) is 5.04. The lowest BCUT2D eigenvalue weighted by molar-refractivity contribution is -0.144. The van der Waals surface area contributed by atoms with Crippen molar-refractivity contribution < 1.29 is 13.2 Å². The van der Waals surface area contributed by atoms with Crippen LogP contribution in [0.3, 0.4) is 0 Å². The van der Waals surface area contributed by atoms with Gasteiger partial charge < -0.3 is 5.73 Å². The lowest BCUT2D eigenvalue weighted by Gasteiger charge is -1.97. The van der Waals surface area contributed by atoms with Crippen LogP contribution in [0, 0.1) is 0 Å². The molecule has 1 heterocycles. The molecule has 2 N–H and O–H groups in total. The molecule has 3 nitrogen and oxygen atoms in total. The first kappa shape index (κ1) is 8.41. The Morgan fingerprint density at radius 2 is 2.09 bits per heavy atom. The van der Waals surface area contributed by atoms with E-state index in [1.54, 1.807) is 0 Å². The summed E-state index contributed by atoms with van der Waals surface area (Å²) in [5.74, 6) is -1.11. The molecule has 0 bridgehead atoms. The highest BCUT2D eigenvalue weighted by Gasteiger charge is 2.35. The lowest BCUT2D eigenvalue weighted by atomic mass is 10.6. The summed E-state index contributed by atoms with van der Waals surface area (Å²) in [6, 6.07) is 0. The molecule has 0 aliphatic rings. The van der Waals surface area contributed by atoms with Crippen LogP contribution in [0.25, 0.3) is 0 Å². The predicted octanol–water partition coefficient (Wildman–Crippen LogP) is 1.02. The number of alkyl halides is 3. The van der Waals surface area contributed by atoms with Gasteiger partial charge in [0.1, 0.15) is 5.01 Å². The Kier molecular flexibility index (Phi) is 2.10. The van der Waals surface area contributed by atoms with Crippen LogP contribution in [0.1, 0.15) is 10.8 Å². The molecule has 0 aliphatic carbocycles. The number of nitrogens with two attached hydrogens (primary N) is 1. The Bertz CT molecular complexity index is 243. The molecule has 1 aromatic rings. The Morgan fingerprint density at radius 3 is 2.36 bits per heavy atom. The Balaban J connectivity index is 2.89. The minimum atomic E-state index is -4.45. The SMILES string of the molecule is NCc1nc(C(F)(F)F)ns1. The third kappa shape index (κ3) is 1.87. The maximum absolute atomic E-state index is 11.8. The summed E-state index contributed by atoms with van der Waals surface area (Å²) < 4.78 is 38.4. The van der Waals surface area contributed by atoms with E-state index in [1.807, 2.05) is 0 Å². The monoisotopic (exact) mass is 183 g/mol. The van der Waals surface area contributed by atoms with Gasteiger partial charge in [-0.15, -0.1) is 0 Å². The highest BCUT2D eigenvalue weighted by atomic mass is 32.1. The van der Waals surface area contributed by atoms with Crippen molar-refractivity contribution in [2.24, 2.45) is 5.73 Å². The Morgan fingerprint density at radius 1 is 1.45 bits per heavy atom. The highest BCUT2D eigenvalue weighted by molar-refractivity contribution is 7.05. The fourth-order valence-electron chi connectivity index (χ4n) is 0.453. The molecule has 11 heavy (non-hydrogen) atoms. The zero-order chi connectivity index (χ0) is 8.48. The molecule has 0 fully saturated rings. The molecule has 0 atom stereocenters. The fraction of sp³-hybridized carbons (Fsp3) is 0.500. The standard InChI is InChI=1S/C4H4F3N3S/c5-4(6,7)3-9-2(1-8)11-10-3/h1,8H2. The second-order valence-corrected chi connectivity index (χ2v) is 2.55. The molecule has 1 aromatic heterocycles. The topological polar surface area (TPSA) is 51.8 Å². The maximum Gasteiger partial charge on any atom is 0.452 e. The maximum atomic E-state index is 11.8. The van der Waals surface area contributed by atoms with Crippen molar-refractivity contribution in [1.29, 1.82) is 0 Å². The number of nitrogens with zero attached hydrogens (tertiary/aromatic N) is 2. The van der Waals surface area contributed by atoms with Gasteiger partial charge in [-0.3, -0.25) is 0 Å². The van der Waals surface area contributed by atoms with Crippen LogP contribution in [-0.4, -0.2) is 9.36 Å². The summed E-state index contributed by atoms with van der Waals surface area (Å²) in [6.07, 6.45) is -4.45. The zero-order valence-corrected chi connectivity index (χ0v) is 6.04. The van der Waals surface area contributed by atoms with Crippen LogP contribution in [0.5, 0.6) is 0 Å². The number of aromatic nitrogens is 2. The van der Waals surface area contributed by atoms with Crippen molar-refractivity contribution in [3.8, 4) is 0 Å². The predicted molar refractivity (Wildman–Crippen MR) is 32.8 cm³/mol. The summed E-state index contributed by atoms with van der Waals surface area (Å²) in [7, 11) is 0. The molecule has 0 spiro atoms. The number of hydrogen-bond acceptors (Lipinski definition) is 4. The molecule has 0 saturated heterocycles. The van der Waals surface area contributed by atoms with Crippen molar-refractivity contribution in [2.75, 3.05) is 0 Å². The average Bonchev–Trinajstić information content (AvgIpc) is 2.32. The third-order valence-corrected chi connectivity index (χ3v) is 1.63. The first-order valence-corrected chi connectivity index (χ1v) is 3.41. The minimum Gasteiger partial charge on any atom is -0.324 e. The zero-order valence-electron chi connectivity index (χ0n) is 5.22. The second-order valence-electron chi connectivity index (χ2n) is 1.71. The lowest BCUT2D eigenvalue weighted by Crippen LogP contribution is -2.07. The summed E-state index contributed by atoms with van der Waals surface area (Å²) in [6.45, 7) is -0.00620. The van der Waals surface area contributed by atoms with Crippen LogP contribution >= 0.6 is 11.5 Å². The van der Waals surface area contributed by atoms with E-state index in [0.29, 0.717) is 11.5 Å². The van der Waals surface area contributed by atoms with Gasteiger partial charge in [-0.1, -0.05) is 0 Å². The van der Waals surface area contributed by atoms with Gasteiger partial charge in [-0.05, 0) is 11.5 Å². The molecular weight excluding hydrogens is 179 g/mol. The molecule has 0 saturated carbocycles. The summed E-state index contributed by atoms with van der Waals surface area (Å²) in [5.41, 5.74) is 5.05. The van der Waals surface area contributed by atoms with E-state index < -0.39 is 12.0 Å². The van der Waals surface area contributed by atoms with Crippen molar-refractivity contribution in [3.05, 3.63) is 10.8 Å². The molecule has 7 heteroatoms. The third-order valence-electron chi connectivity index (χ3n) is 0.896. The molecule has 0 amide bonds. The van der Waals surface area contributed by atoms with Gasteiger partial charge in [-0.2, -0.15) is 17.5 Å². The van der Waals surface area contributed by atoms with E-state index in [9.17, 15) is 13.2 Å². The largest absolute Gasteiger partial charge is 0.452 e. The molecule has 0 unspecified atom stereocenters. The summed E-state index contributed by atoms with van der Waals surface area (Å²) >= 11 is 0.670. The molecule has 62 valence electrons. The number of hydrogen-bond donors (Lipinski definition) is 1. The summed E-state index contributed by atoms with van der Waals surface area (Å²) in [4.78, 5) is 3.16. The van der Waals surface area contributed by atoms with Crippen molar-refractivity contribution in [1.82, 2.24) is 9.36 Å². The molecule has 0 radical (unpaired) electrons. The van der Waals surface area contributed by atoms with E-state index in [0.717, 1.165) is 0 Å². The molecule has 0 aromatic carbocycles. The molecule has 0 aliphatic heterocycles. The Hall–Kier alpha value is -0.690. The van der Waals surface area contributed by atoms with E-state index in [1.165, 1.54) is 0 Å². The smallest absolute Gasteiger partial charge is 0.324 e. The van der Waals surface area contributed by atoms with E-state index >= 15 is 0 Å². The fourth-order valence-corrected chi connectivity index (χ4v) is 0.991. The molecular formula is C4H4F3N3S. The number of rotatable bonds is 1. The minimum absolute atomic E-state index is 0.00620. The van der Waals surface area contributed by atoms with Crippen molar-refractivity contribution in [3.63, 3.8) is 0 Å².